The summed E-state index contributed by atoms with van der Waals surface area (Å²) in [4.78, 5) is 0. The zero-order chi connectivity index (χ0) is 17.6. The Morgan fingerprint density at radius 1 is 0.880 bits per heavy atom. The van der Waals surface area contributed by atoms with Gasteiger partial charge in [-0.05, 0) is 48.5 Å². The number of benzene rings is 3. The molecule has 0 unspecified atom stereocenters. The van der Waals surface area contributed by atoms with Gasteiger partial charge in [0.25, 0.3) is 0 Å². The molecule has 4 heteroatoms. The van der Waals surface area contributed by atoms with Crippen molar-refractivity contribution in [3.05, 3.63) is 101 Å². The Balaban J connectivity index is 1.84. The minimum Gasteiger partial charge on any atom is -0.352 e. The molecule has 0 saturated heterocycles. The Labute approximate surface area is 152 Å². The van der Waals surface area contributed by atoms with Crippen molar-refractivity contribution >= 4 is 23.0 Å². The lowest BCUT2D eigenvalue weighted by atomic mass is 9.97. The number of aryl methyl sites for hydroxylation is 1. The molecule has 25 heavy (non-hydrogen) atoms. The zero-order valence-electron chi connectivity index (χ0n) is 13.9. The van der Waals surface area contributed by atoms with Crippen molar-refractivity contribution in [2.24, 2.45) is 0 Å². The molecule has 0 spiro atoms. The van der Waals surface area contributed by atoms with Gasteiger partial charge in [-0.25, -0.2) is 4.39 Å². The van der Waals surface area contributed by atoms with Gasteiger partial charge in [0.1, 0.15) is 5.82 Å². The summed E-state index contributed by atoms with van der Waals surface area (Å²) in [5.74, 6) is -0.300. The van der Waals surface area contributed by atoms with Crippen LogP contribution in [0.4, 0.5) is 10.1 Å². The van der Waals surface area contributed by atoms with Gasteiger partial charge in [-0.2, -0.15) is 0 Å². The molecule has 2 N–H and O–H groups in total. The molecule has 0 bridgehead atoms. The second-order valence-electron chi connectivity index (χ2n) is 5.87. The van der Waals surface area contributed by atoms with Gasteiger partial charge >= 0.3 is 0 Å². The maximum atomic E-state index is 13.4. The third kappa shape index (κ3) is 4.64. The van der Waals surface area contributed by atoms with Crippen LogP contribution in [-0.4, -0.2) is 5.11 Å². The van der Waals surface area contributed by atoms with Crippen LogP contribution >= 0.6 is 12.2 Å². The van der Waals surface area contributed by atoms with Gasteiger partial charge < -0.3 is 10.6 Å². The van der Waals surface area contributed by atoms with Gasteiger partial charge in [0.15, 0.2) is 5.11 Å². The van der Waals surface area contributed by atoms with Crippen molar-refractivity contribution in [2.45, 2.75) is 13.0 Å². The molecule has 0 fully saturated rings. The van der Waals surface area contributed by atoms with E-state index in [2.05, 4.69) is 47.9 Å². The topological polar surface area (TPSA) is 24.1 Å². The van der Waals surface area contributed by atoms with Crippen LogP contribution in [-0.2, 0) is 0 Å². The summed E-state index contributed by atoms with van der Waals surface area (Å²) in [6.07, 6.45) is 0. The minimum absolute atomic E-state index is 0.0883. The number of nitrogens with one attached hydrogen (secondary N) is 2. The first-order valence-electron chi connectivity index (χ1n) is 8.06. The molecule has 0 aliphatic carbocycles. The summed E-state index contributed by atoms with van der Waals surface area (Å²) in [6, 6.07) is 24.6. The molecule has 0 saturated carbocycles. The van der Waals surface area contributed by atoms with Crippen molar-refractivity contribution < 1.29 is 4.39 Å². The smallest absolute Gasteiger partial charge is 0.171 e. The highest BCUT2D eigenvalue weighted by molar-refractivity contribution is 7.80. The van der Waals surface area contributed by atoms with E-state index in [4.69, 9.17) is 12.2 Å². The molecule has 3 rings (SSSR count). The lowest BCUT2D eigenvalue weighted by molar-refractivity contribution is 0.628. The normalized spacial score (nSPS) is 11.6. The summed E-state index contributed by atoms with van der Waals surface area (Å²) in [5.41, 5.74) is 4.03. The maximum Gasteiger partial charge on any atom is 0.171 e. The fourth-order valence-corrected chi connectivity index (χ4v) is 2.95. The van der Waals surface area contributed by atoms with Crippen molar-refractivity contribution in [3.8, 4) is 0 Å². The predicted octanol–water partition coefficient (Wildman–Crippen LogP) is 5.21. The molecule has 0 aromatic heterocycles. The molecule has 0 aliphatic rings. The fraction of sp³-hybridized carbons (Fsp3) is 0.0952. The van der Waals surface area contributed by atoms with Gasteiger partial charge in [0, 0.05) is 5.69 Å². The van der Waals surface area contributed by atoms with Crippen molar-refractivity contribution in [1.29, 1.82) is 0 Å². The van der Waals surface area contributed by atoms with Gasteiger partial charge in [-0.15, -0.1) is 0 Å². The third-order valence-corrected chi connectivity index (χ3v) is 4.09. The molecular weight excluding hydrogens is 331 g/mol. The average Bonchev–Trinajstić information content (AvgIpc) is 2.60. The number of thiocarbonyl (C=S) groups is 1. The Bertz CT molecular complexity index is 865. The first kappa shape index (κ1) is 17.1. The Hall–Kier alpha value is -2.72. The SMILES string of the molecule is Cc1cccc([C@H](NC(=S)Nc2cccc(F)c2)c2ccccc2)c1. The molecule has 0 heterocycles. The summed E-state index contributed by atoms with van der Waals surface area (Å²) in [5, 5.41) is 6.84. The van der Waals surface area contributed by atoms with Crippen LogP contribution in [0.1, 0.15) is 22.7 Å². The van der Waals surface area contributed by atoms with E-state index in [1.807, 2.05) is 24.3 Å². The summed E-state index contributed by atoms with van der Waals surface area (Å²) >= 11 is 5.44. The monoisotopic (exact) mass is 350 g/mol. The molecular formula is C21H19FN2S. The summed E-state index contributed by atoms with van der Waals surface area (Å²) in [6.45, 7) is 2.06. The van der Waals surface area contributed by atoms with Crippen molar-refractivity contribution in [2.75, 3.05) is 5.32 Å². The van der Waals surface area contributed by atoms with E-state index >= 15 is 0 Å². The molecule has 2 nitrogen and oxygen atoms in total. The van der Waals surface area contributed by atoms with Crippen LogP contribution in [0.5, 0.6) is 0 Å². The lowest BCUT2D eigenvalue weighted by Gasteiger charge is -2.22. The van der Waals surface area contributed by atoms with Crippen LogP contribution in [0.25, 0.3) is 0 Å². The van der Waals surface area contributed by atoms with E-state index in [9.17, 15) is 4.39 Å². The fourth-order valence-electron chi connectivity index (χ4n) is 2.72. The van der Waals surface area contributed by atoms with E-state index in [0.29, 0.717) is 10.8 Å². The second-order valence-corrected chi connectivity index (χ2v) is 6.27. The van der Waals surface area contributed by atoms with Crippen LogP contribution in [0.2, 0.25) is 0 Å². The summed E-state index contributed by atoms with van der Waals surface area (Å²) < 4.78 is 13.4. The molecule has 126 valence electrons. The highest BCUT2D eigenvalue weighted by Gasteiger charge is 2.15. The maximum absolute atomic E-state index is 13.4. The molecule has 3 aromatic carbocycles. The molecule has 3 aromatic rings. The largest absolute Gasteiger partial charge is 0.352 e. The van der Waals surface area contributed by atoms with E-state index in [1.165, 1.54) is 17.7 Å². The van der Waals surface area contributed by atoms with Crippen molar-refractivity contribution in [1.82, 2.24) is 5.32 Å². The first-order chi connectivity index (χ1) is 12.1. The van der Waals surface area contributed by atoms with Crippen LogP contribution in [0.3, 0.4) is 0 Å². The summed E-state index contributed by atoms with van der Waals surface area (Å²) in [7, 11) is 0. The van der Waals surface area contributed by atoms with Gasteiger partial charge in [0.2, 0.25) is 0 Å². The van der Waals surface area contributed by atoms with Gasteiger partial charge in [0.05, 0.1) is 6.04 Å². The van der Waals surface area contributed by atoms with Crippen LogP contribution < -0.4 is 10.6 Å². The molecule has 0 aliphatic heterocycles. The highest BCUT2D eigenvalue weighted by atomic mass is 32.1. The van der Waals surface area contributed by atoms with E-state index in [1.54, 1.807) is 12.1 Å². The third-order valence-electron chi connectivity index (χ3n) is 3.87. The quantitative estimate of drug-likeness (QED) is 0.632. The zero-order valence-corrected chi connectivity index (χ0v) is 14.7. The van der Waals surface area contributed by atoms with E-state index in [-0.39, 0.29) is 11.9 Å². The Kier molecular flexibility index (Phi) is 5.41. The average molecular weight is 350 g/mol. The minimum atomic E-state index is -0.300. The molecule has 1 atom stereocenters. The Morgan fingerprint density at radius 3 is 2.32 bits per heavy atom. The predicted molar refractivity (Wildman–Crippen MR) is 105 cm³/mol. The van der Waals surface area contributed by atoms with Gasteiger partial charge in [-0.1, -0.05) is 66.2 Å². The van der Waals surface area contributed by atoms with Crippen LogP contribution in [0, 0.1) is 12.7 Å². The molecule has 0 amide bonds. The van der Waals surface area contributed by atoms with Crippen molar-refractivity contribution in [3.63, 3.8) is 0 Å². The standard InChI is InChI=1S/C21H19FN2S/c1-15-7-5-10-17(13-15)20(16-8-3-2-4-9-16)24-21(25)23-19-12-6-11-18(22)14-19/h2-14,20H,1H3,(H2,23,24,25)/t20-/m1/s1. The number of anilines is 1. The van der Waals surface area contributed by atoms with Gasteiger partial charge in [-0.3, -0.25) is 0 Å². The lowest BCUT2D eigenvalue weighted by Crippen LogP contribution is -2.33. The van der Waals surface area contributed by atoms with Crippen LogP contribution in [0.15, 0.2) is 78.9 Å². The first-order valence-corrected chi connectivity index (χ1v) is 8.47. The number of rotatable bonds is 4. The molecule has 0 radical (unpaired) electrons. The number of halogens is 1. The van der Waals surface area contributed by atoms with E-state index in [0.717, 1.165) is 11.1 Å². The van der Waals surface area contributed by atoms with E-state index < -0.39 is 0 Å². The highest BCUT2D eigenvalue weighted by Crippen LogP contribution is 2.23. The number of hydrogen-bond donors (Lipinski definition) is 2. The second kappa shape index (κ2) is 7.90. The Morgan fingerprint density at radius 2 is 1.60 bits per heavy atom. The number of hydrogen-bond acceptors (Lipinski definition) is 1.